The van der Waals surface area contributed by atoms with Crippen LogP contribution in [0.15, 0.2) is 49.1 Å². The average molecular weight is 204 g/mol. The van der Waals surface area contributed by atoms with Gasteiger partial charge in [-0.3, -0.25) is 0 Å². The summed E-state index contributed by atoms with van der Waals surface area (Å²) in [5.41, 5.74) is 1.32. The molecule has 1 heterocycles. The molecule has 1 aromatic heterocycles. The van der Waals surface area contributed by atoms with Crippen molar-refractivity contribution in [3.8, 4) is 0 Å². The van der Waals surface area contributed by atoms with Crippen LogP contribution >= 0.6 is 0 Å². The predicted molar refractivity (Wildman–Crippen MR) is 65.7 cm³/mol. The van der Waals surface area contributed by atoms with Gasteiger partial charge in [-0.15, -0.1) is 0 Å². The van der Waals surface area contributed by atoms with Crippen LogP contribution in [0.2, 0.25) is 0 Å². The van der Waals surface area contributed by atoms with Crippen LogP contribution in [0.25, 0.3) is 0 Å². The van der Waals surface area contributed by atoms with Crippen molar-refractivity contribution in [2.45, 2.75) is 20.8 Å². The van der Waals surface area contributed by atoms with Gasteiger partial charge in [0.05, 0.1) is 6.33 Å². The lowest BCUT2D eigenvalue weighted by atomic mass is 10.2. The lowest BCUT2D eigenvalue weighted by Gasteiger charge is -1.82. The molecule has 1 aromatic carbocycles. The Labute approximate surface area is 92.6 Å². The van der Waals surface area contributed by atoms with Crippen LogP contribution < -0.4 is 0 Å². The molecular weight excluding hydrogens is 184 g/mol. The van der Waals surface area contributed by atoms with Gasteiger partial charge in [0.25, 0.3) is 0 Å². The van der Waals surface area contributed by atoms with E-state index in [4.69, 9.17) is 0 Å². The van der Waals surface area contributed by atoms with Crippen LogP contribution in [0.5, 0.6) is 0 Å². The van der Waals surface area contributed by atoms with E-state index in [9.17, 15) is 0 Å². The van der Waals surface area contributed by atoms with Gasteiger partial charge in [-0.05, 0) is 6.92 Å². The summed E-state index contributed by atoms with van der Waals surface area (Å²) in [4.78, 5) is 3.78. The lowest BCUT2D eigenvalue weighted by Crippen LogP contribution is -1.76. The van der Waals surface area contributed by atoms with Crippen LogP contribution in [0.3, 0.4) is 0 Å². The van der Waals surface area contributed by atoms with Gasteiger partial charge in [-0.1, -0.05) is 49.7 Å². The van der Waals surface area contributed by atoms with Crippen molar-refractivity contribution in [3.05, 3.63) is 54.6 Å². The zero-order chi connectivity index (χ0) is 11.5. The smallest absolute Gasteiger partial charge is 0.0943 e. The second-order valence-electron chi connectivity index (χ2n) is 2.88. The summed E-state index contributed by atoms with van der Waals surface area (Å²) < 4.78 is 1.89. The lowest BCUT2D eigenvalue weighted by molar-refractivity contribution is 0.913. The standard InChI is InChI=1S/C7H8.C4H6N2.C2H6/c1-7-5-3-2-4-6-7;1-6-3-2-5-4-6;1-2/h2-6H,1H3;2-4H,1H3;1-2H3. The zero-order valence-electron chi connectivity index (χ0n) is 10.0. The first kappa shape index (κ1) is 13.4. The van der Waals surface area contributed by atoms with Gasteiger partial charge in [0.15, 0.2) is 0 Å². The SMILES string of the molecule is CC.Cc1ccccc1.Cn1ccnc1. The highest BCUT2D eigenvalue weighted by atomic mass is 15.0. The van der Waals surface area contributed by atoms with E-state index in [2.05, 4.69) is 24.0 Å². The molecule has 0 bridgehead atoms. The number of hydrogen-bond acceptors (Lipinski definition) is 1. The van der Waals surface area contributed by atoms with Crippen molar-refractivity contribution in [1.29, 1.82) is 0 Å². The summed E-state index contributed by atoms with van der Waals surface area (Å²) in [6.07, 6.45) is 5.39. The summed E-state index contributed by atoms with van der Waals surface area (Å²) in [6.45, 7) is 6.08. The molecule has 2 heteroatoms. The molecule has 82 valence electrons. The largest absolute Gasteiger partial charge is 0.341 e. The number of rotatable bonds is 0. The van der Waals surface area contributed by atoms with Gasteiger partial charge >= 0.3 is 0 Å². The van der Waals surface area contributed by atoms with Crippen LogP contribution in [0, 0.1) is 6.92 Å². The third-order valence-corrected chi connectivity index (χ3v) is 1.58. The minimum atomic E-state index is 1.32. The molecule has 0 radical (unpaired) electrons. The Morgan fingerprint density at radius 1 is 1.07 bits per heavy atom. The first-order valence-electron chi connectivity index (χ1n) is 5.22. The van der Waals surface area contributed by atoms with Crippen LogP contribution in [0.1, 0.15) is 19.4 Å². The number of nitrogens with zero attached hydrogens (tertiary/aromatic N) is 2. The number of benzene rings is 1. The summed E-state index contributed by atoms with van der Waals surface area (Å²) in [5.74, 6) is 0. The van der Waals surface area contributed by atoms with E-state index >= 15 is 0 Å². The predicted octanol–water partition coefficient (Wildman–Crippen LogP) is 3.44. The molecule has 0 amide bonds. The van der Waals surface area contributed by atoms with E-state index in [0.717, 1.165) is 0 Å². The van der Waals surface area contributed by atoms with E-state index in [-0.39, 0.29) is 0 Å². The van der Waals surface area contributed by atoms with Crippen LogP contribution in [-0.2, 0) is 7.05 Å². The molecule has 0 N–H and O–H groups in total. The second kappa shape index (κ2) is 9.00. The summed E-state index contributed by atoms with van der Waals surface area (Å²) in [6, 6.07) is 10.3. The molecule has 0 aliphatic rings. The second-order valence-corrected chi connectivity index (χ2v) is 2.88. The normalized spacial score (nSPS) is 8.00. The Bertz CT molecular complexity index is 312. The fraction of sp³-hybridized carbons (Fsp3) is 0.308. The number of aryl methyl sites for hydroxylation is 2. The van der Waals surface area contributed by atoms with E-state index in [1.54, 1.807) is 12.5 Å². The topological polar surface area (TPSA) is 17.8 Å². The van der Waals surface area contributed by atoms with Crippen molar-refractivity contribution < 1.29 is 0 Å². The number of aromatic nitrogens is 2. The summed E-state index contributed by atoms with van der Waals surface area (Å²) in [7, 11) is 1.94. The van der Waals surface area contributed by atoms with E-state index in [0.29, 0.717) is 0 Å². The minimum absolute atomic E-state index is 1.32. The van der Waals surface area contributed by atoms with E-state index in [1.165, 1.54) is 5.56 Å². The fourth-order valence-electron chi connectivity index (χ4n) is 0.860. The molecule has 2 rings (SSSR count). The molecular formula is C13H20N2. The highest BCUT2D eigenvalue weighted by Crippen LogP contribution is 1.92. The molecule has 0 spiro atoms. The Morgan fingerprint density at radius 2 is 1.67 bits per heavy atom. The maximum atomic E-state index is 3.78. The fourth-order valence-corrected chi connectivity index (χ4v) is 0.860. The van der Waals surface area contributed by atoms with Gasteiger partial charge in [0.2, 0.25) is 0 Å². The van der Waals surface area contributed by atoms with Crippen molar-refractivity contribution in [1.82, 2.24) is 9.55 Å². The van der Waals surface area contributed by atoms with E-state index < -0.39 is 0 Å². The molecule has 2 aromatic rings. The molecule has 2 nitrogen and oxygen atoms in total. The average Bonchev–Trinajstić information content (AvgIpc) is 2.74. The third kappa shape index (κ3) is 7.50. The number of hydrogen-bond donors (Lipinski definition) is 0. The molecule has 0 aliphatic carbocycles. The van der Waals surface area contributed by atoms with Crippen LogP contribution in [-0.4, -0.2) is 9.55 Å². The van der Waals surface area contributed by atoms with Gasteiger partial charge in [0.1, 0.15) is 0 Å². The Hall–Kier alpha value is -1.57. The first-order valence-corrected chi connectivity index (χ1v) is 5.22. The quantitative estimate of drug-likeness (QED) is 0.642. The van der Waals surface area contributed by atoms with Crippen molar-refractivity contribution in [3.63, 3.8) is 0 Å². The molecule has 0 fully saturated rings. The third-order valence-electron chi connectivity index (χ3n) is 1.58. The maximum Gasteiger partial charge on any atom is 0.0943 e. The highest BCUT2D eigenvalue weighted by molar-refractivity contribution is 5.11. The molecule has 0 saturated carbocycles. The van der Waals surface area contributed by atoms with Gasteiger partial charge in [0, 0.05) is 19.4 Å². The van der Waals surface area contributed by atoms with Crippen molar-refractivity contribution in [2.24, 2.45) is 7.05 Å². The number of imidazole rings is 1. The monoisotopic (exact) mass is 204 g/mol. The minimum Gasteiger partial charge on any atom is -0.341 e. The van der Waals surface area contributed by atoms with Crippen LogP contribution in [0.4, 0.5) is 0 Å². The van der Waals surface area contributed by atoms with Crippen molar-refractivity contribution >= 4 is 0 Å². The van der Waals surface area contributed by atoms with Gasteiger partial charge in [-0.25, -0.2) is 4.98 Å². The van der Waals surface area contributed by atoms with E-state index in [1.807, 2.05) is 49.9 Å². The van der Waals surface area contributed by atoms with Crippen molar-refractivity contribution in [2.75, 3.05) is 0 Å². The summed E-state index contributed by atoms with van der Waals surface area (Å²) >= 11 is 0. The Balaban J connectivity index is 0.000000227. The molecule has 15 heavy (non-hydrogen) atoms. The molecule has 0 unspecified atom stereocenters. The zero-order valence-corrected chi connectivity index (χ0v) is 10.0. The molecule has 0 atom stereocenters. The Morgan fingerprint density at radius 3 is 1.87 bits per heavy atom. The highest BCUT2D eigenvalue weighted by Gasteiger charge is 1.72. The molecule has 0 saturated heterocycles. The van der Waals surface area contributed by atoms with Gasteiger partial charge in [-0.2, -0.15) is 0 Å². The molecule has 0 aliphatic heterocycles. The first-order chi connectivity index (χ1) is 7.29. The maximum absolute atomic E-state index is 3.78. The van der Waals surface area contributed by atoms with Gasteiger partial charge < -0.3 is 4.57 Å². The summed E-state index contributed by atoms with van der Waals surface area (Å²) in [5, 5.41) is 0. The Kier molecular flexibility index (Phi) is 8.06.